The molecule has 126 valence electrons. The van der Waals surface area contributed by atoms with Crippen LogP contribution in [0, 0.1) is 0 Å². The van der Waals surface area contributed by atoms with Crippen molar-refractivity contribution in [3.8, 4) is 39.9 Å². The van der Waals surface area contributed by atoms with Crippen molar-refractivity contribution in [2.75, 3.05) is 21.3 Å². The Labute approximate surface area is 139 Å². The molecule has 24 heavy (non-hydrogen) atoms. The number of aromatic hydroxyl groups is 2. The van der Waals surface area contributed by atoms with Crippen LogP contribution in [0.3, 0.4) is 0 Å². The first kappa shape index (κ1) is 16.0. The Morgan fingerprint density at radius 3 is 2.21 bits per heavy atom. The Morgan fingerprint density at radius 2 is 1.58 bits per heavy atom. The second-order valence-electron chi connectivity index (χ2n) is 5.49. The molecule has 2 N–H and O–H groups in total. The van der Waals surface area contributed by atoms with Crippen LogP contribution in [-0.4, -0.2) is 37.3 Å². The molecule has 1 aliphatic carbocycles. The molecule has 1 aliphatic rings. The largest absolute Gasteiger partial charge is 0.504 e. The lowest BCUT2D eigenvalue weighted by molar-refractivity contribution is 0.0984. The Balaban J connectivity index is 2.39. The zero-order chi connectivity index (χ0) is 17.4. The maximum Gasteiger partial charge on any atom is 0.201 e. The highest BCUT2D eigenvalue weighted by molar-refractivity contribution is 6.06. The van der Waals surface area contributed by atoms with Crippen molar-refractivity contribution in [1.29, 1.82) is 0 Å². The molecule has 3 rings (SSSR count). The van der Waals surface area contributed by atoms with Crippen LogP contribution < -0.4 is 14.2 Å². The Bertz CT molecular complexity index is 825. The third kappa shape index (κ3) is 2.31. The summed E-state index contributed by atoms with van der Waals surface area (Å²) in [6.07, 6.45) is 0.768. The van der Waals surface area contributed by atoms with Gasteiger partial charge in [0.25, 0.3) is 0 Å². The summed E-state index contributed by atoms with van der Waals surface area (Å²) >= 11 is 0. The van der Waals surface area contributed by atoms with E-state index in [1.807, 2.05) is 0 Å². The first-order valence-corrected chi connectivity index (χ1v) is 7.43. The quantitative estimate of drug-likeness (QED) is 0.900. The van der Waals surface area contributed by atoms with Gasteiger partial charge in [-0.05, 0) is 30.2 Å². The summed E-state index contributed by atoms with van der Waals surface area (Å²) in [4.78, 5) is 12.5. The number of hydrogen-bond donors (Lipinski definition) is 2. The van der Waals surface area contributed by atoms with E-state index in [1.165, 1.54) is 33.5 Å². The second-order valence-corrected chi connectivity index (χ2v) is 5.49. The number of carbonyl (C=O) groups is 1. The van der Waals surface area contributed by atoms with Crippen molar-refractivity contribution in [3.63, 3.8) is 0 Å². The Hall–Kier alpha value is -2.89. The topological polar surface area (TPSA) is 85.2 Å². The normalized spacial score (nSPS) is 12.9. The van der Waals surface area contributed by atoms with Crippen molar-refractivity contribution < 1.29 is 29.2 Å². The smallest absolute Gasteiger partial charge is 0.201 e. The fourth-order valence-electron chi connectivity index (χ4n) is 3.07. The number of phenolic OH excluding ortho intramolecular Hbond substituents is 2. The first-order chi connectivity index (χ1) is 11.5. The van der Waals surface area contributed by atoms with E-state index in [0.29, 0.717) is 29.5 Å². The fourth-order valence-corrected chi connectivity index (χ4v) is 3.07. The van der Waals surface area contributed by atoms with E-state index in [-0.39, 0.29) is 34.5 Å². The van der Waals surface area contributed by atoms with Crippen molar-refractivity contribution >= 4 is 5.78 Å². The maximum absolute atomic E-state index is 12.5. The molecule has 0 amide bonds. The number of fused-ring (bicyclic) bond motifs is 3. The highest BCUT2D eigenvalue weighted by Crippen LogP contribution is 2.50. The number of rotatable bonds is 3. The number of benzene rings is 2. The summed E-state index contributed by atoms with van der Waals surface area (Å²) in [7, 11) is 4.31. The lowest BCUT2D eigenvalue weighted by atomic mass is 9.94. The van der Waals surface area contributed by atoms with Crippen molar-refractivity contribution in [2.24, 2.45) is 0 Å². The second kappa shape index (κ2) is 5.96. The number of phenols is 2. The number of aryl methyl sites for hydroxylation is 1. The van der Waals surface area contributed by atoms with Crippen LogP contribution in [0.15, 0.2) is 18.2 Å². The molecular formula is C18H18O6. The molecular weight excluding hydrogens is 312 g/mol. The van der Waals surface area contributed by atoms with Crippen LogP contribution in [0.5, 0.6) is 28.7 Å². The molecule has 0 saturated heterocycles. The van der Waals surface area contributed by atoms with E-state index in [9.17, 15) is 15.0 Å². The molecule has 6 nitrogen and oxygen atoms in total. The van der Waals surface area contributed by atoms with E-state index >= 15 is 0 Å². The molecule has 6 heteroatoms. The summed E-state index contributed by atoms with van der Waals surface area (Å²) in [5, 5.41) is 20.5. The van der Waals surface area contributed by atoms with Crippen LogP contribution in [0.1, 0.15) is 22.3 Å². The van der Waals surface area contributed by atoms with Gasteiger partial charge in [0.1, 0.15) is 0 Å². The van der Waals surface area contributed by atoms with Crippen molar-refractivity contribution in [3.05, 3.63) is 29.3 Å². The van der Waals surface area contributed by atoms with E-state index in [2.05, 4.69) is 0 Å². The predicted molar refractivity (Wildman–Crippen MR) is 87.5 cm³/mol. The molecule has 0 saturated carbocycles. The fraction of sp³-hybridized carbons (Fsp3) is 0.278. The summed E-state index contributed by atoms with van der Waals surface area (Å²) in [5.74, 6) is 0.412. The van der Waals surface area contributed by atoms with Gasteiger partial charge in [-0.15, -0.1) is 0 Å². The van der Waals surface area contributed by atoms with Gasteiger partial charge in [-0.2, -0.15) is 0 Å². The van der Waals surface area contributed by atoms with Crippen molar-refractivity contribution in [2.45, 2.75) is 12.8 Å². The summed E-state index contributed by atoms with van der Waals surface area (Å²) in [6.45, 7) is 0. The Morgan fingerprint density at radius 1 is 0.875 bits per heavy atom. The van der Waals surface area contributed by atoms with Gasteiger partial charge in [-0.25, -0.2) is 0 Å². The average molecular weight is 330 g/mol. The molecule has 0 bridgehead atoms. The van der Waals surface area contributed by atoms with Gasteiger partial charge in [0.15, 0.2) is 28.8 Å². The van der Waals surface area contributed by atoms with Crippen LogP contribution in [0.2, 0.25) is 0 Å². The molecule has 0 fully saturated rings. The van der Waals surface area contributed by atoms with Gasteiger partial charge >= 0.3 is 0 Å². The third-order valence-electron chi connectivity index (χ3n) is 4.24. The lowest BCUT2D eigenvalue weighted by Gasteiger charge is -2.18. The highest BCUT2D eigenvalue weighted by atomic mass is 16.5. The van der Waals surface area contributed by atoms with Gasteiger partial charge in [0.05, 0.1) is 21.3 Å². The lowest BCUT2D eigenvalue weighted by Crippen LogP contribution is -2.00. The number of carbonyl (C=O) groups excluding carboxylic acids is 1. The summed E-state index contributed by atoms with van der Waals surface area (Å²) < 4.78 is 15.7. The monoisotopic (exact) mass is 330 g/mol. The number of Topliss-reactive ketones (excluding diaryl/α,β-unsaturated/α-hetero) is 1. The number of ketones is 1. The zero-order valence-electron chi connectivity index (χ0n) is 13.7. The number of hydrogen-bond acceptors (Lipinski definition) is 6. The van der Waals surface area contributed by atoms with Crippen LogP contribution in [0.25, 0.3) is 11.1 Å². The van der Waals surface area contributed by atoms with Gasteiger partial charge in [-0.3, -0.25) is 4.79 Å². The predicted octanol–water partition coefficient (Wildman–Crippen LogP) is 2.92. The molecule has 0 heterocycles. The minimum absolute atomic E-state index is 0.0694. The summed E-state index contributed by atoms with van der Waals surface area (Å²) in [6, 6.07) is 4.67. The maximum atomic E-state index is 12.5. The highest BCUT2D eigenvalue weighted by Gasteiger charge is 2.28. The molecule has 2 aromatic carbocycles. The molecule has 0 radical (unpaired) electrons. The molecule has 0 aliphatic heterocycles. The molecule has 0 atom stereocenters. The van der Waals surface area contributed by atoms with Crippen molar-refractivity contribution in [1.82, 2.24) is 0 Å². The average Bonchev–Trinajstić information content (AvgIpc) is 2.71. The van der Waals surface area contributed by atoms with Gasteiger partial charge < -0.3 is 24.4 Å². The number of ether oxygens (including phenoxy) is 3. The first-order valence-electron chi connectivity index (χ1n) is 7.43. The van der Waals surface area contributed by atoms with Crippen LogP contribution in [-0.2, 0) is 6.42 Å². The van der Waals surface area contributed by atoms with E-state index < -0.39 is 0 Å². The van der Waals surface area contributed by atoms with E-state index in [1.54, 1.807) is 6.07 Å². The van der Waals surface area contributed by atoms with Gasteiger partial charge in [0.2, 0.25) is 5.75 Å². The number of methoxy groups -OCH3 is 3. The van der Waals surface area contributed by atoms with Gasteiger partial charge in [-0.1, -0.05) is 0 Å². The molecule has 2 aromatic rings. The summed E-state index contributed by atoms with van der Waals surface area (Å²) in [5.41, 5.74) is 2.31. The molecule has 0 aromatic heterocycles. The minimum atomic E-state index is -0.144. The van der Waals surface area contributed by atoms with Crippen LogP contribution in [0.4, 0.5) is 0 Å². The van der Waals surface area contributed by atoms with Crippen LogP contribution >= 0.6 is 0 Å². The third-order valence-corrected chi connectivity index (χ3v) is 4.24. The van der Waals surface area contributed by atoms with E-state index in [0.717, 1.165) is 5.56 Å². The van der Waals surface area contributed by atoms with E-state index in [4.69, 9.17) is 14.2 Å². The zero-order valence-corrected chi connectivity index (χ0v) is 13.7. The molecule has 0 unspecified atom stereocenters. The standard InChI is InChI=1S/C18H18O6/c1-22-14-8-10-11(7-13(14)20)16-9(4-5-12(10)19)6-15(23-2)17(21)18(16)24-3/h6-8,20-21H,4-5H2,1-3H3. The Kier molecular flexibility index (Phi) is 3.97. The molecule has 0 spiro atoms. The SMILES string of the molecule is COc1cc2c(cc1O)-c1c(cc(OC)c(O)c1OC)CCC2=O. The minimum Gasteiger partial charge on any atom is -0.504 e. The van der Waals surface area contributed by atoms with Gasteiger partial charge in [0, 0.05) is 23.1 Å².